The molecular formula is C34H28BrClN2O5. The van der Waals surface area contributed by atoms with Crippen molar-refractivity contribution in [2.45, 2.75) is 31.1 Å². The second-order valence-corrected chi connectivity index (χ2v) is 13.1. The van der Waals surface area contributed by atoms with E-state index in [1.165, 1.54) is 9.80 Å². The van der Waals surface area contributed by atoms with Crippen LogP contribution in [0.3, 0.4) is 0 Å². The number of hydrogen-bond donors (Lipinski definition) is 1. The Morgan fingerprint density at radius 1 is 0.930 bits per heavy atom. The first-order valence-corrected chi connectivity index (χ1v) is 15.6. The van der Waals surface area contributed by atoms with Crippen molar-refractivity contribution < 1.29 is 24.3 Å². The maximum absolute atomic E-state index is 15.1. The second kappa shape index (κ2) is 10.2. The van der Waals surface area contributed by atoms with E-state index in [9.17, 15) is 19.5 Å². The molecule has 2 saturated heterocycles. The van der Waals surface area contributed by atoms with Gasteiger partial charge in [0, 0.05) is 27.5 Å². The number of amides is 4. The summed E-state index contributed by atoms with van der Waals surface area (Å²) >= 11 is 9.88. The summed E-state index contributed by atoms with van der Waals surface area (Å²) in [5.41, 5.74) is 0.879. The zero-order valence-electron chi connectivity index (χ0n) is 23.2. The van der Waals surface area contributed by atoms with E-state index in [-0.39, 0.29) is 36.4 Å². The third-order valence-electron chi connectivity index (χ3n) is 9.88. The van der Waals surface area contributed by atoms with Gasteiger partial charge < -0.3 is 5.11 Å². The van der Waals surface area contributed by atoms with Crippen LogP contribution in [0.25, 0.3) is 0 Å². The number of benzene rings is 3. The number of allylic oxidation sites excluding steroid dienone is 2. The van der Waals surface area contributed by atoms with Crippen LogP contribution in [0, 0.1) is 23.7 Å². The molecule has 9 heteroatoms. The molecule has 0 aromatic heterocycles. The van der Waals surface area contributed by atoms with Gasteiger partial charge in [-0.25, -0.2) is 4.90 Å². The van der Waals surface area contributed by atoms with Gasteiger partial charge in [0.25, 0.3) is 0 Å². The fraction of sp³-hybridized carbons (Fsp3) is 0.294. The summed E-state index contributed by atoms with van der Waals surface area (Å²) in [7, 11) is 0. The molecule has 1 saturated carbocycles. The summed E-state index contributed by atoms with van der Waals surface area (Å²) < 4.78 is 0.698. The molecule has 3 aromatic rings. The molecule has 6 unspecified atom stereocenters. The highest BCUT2D eigenvalue weighted by atomic mass is 79.9. The molecule has 4 aliphatic rings. The van der Waals surface area contributed by atoms with Crippen molar-refractivity contribution in [1.82, 2.24) is 4.90 Å². The van der Waals surface area contributed by atoms with E-state index in [0.717, 1.165) is 5.57 Å². The second-order valence-electron chi connectivity index (χ2n) is 11.7. The number of likely N-dealkylation sites (tertiary alicyclic amines) is 1. The first-order valence-electron chi connectivity index (χ1n) is 14.4. The van der Waals surface area contributed by atoms with Crippen LogP contribution in [0.4, 0.5) is 5.69 Å². The molecule has 2 aliphatic carbocycles. The number of phenolic OH excluding ortho intramolecular Hbond substituents is 1. The van der Waals surface area contributed by atoms with E-state index < -0.39 is 40.9 Å². The van der Waals surface area contributed by atoms with E-state index in [1.807, 2.05) is 36.4 Å². The van der Waals surface area contributed by atoms with Crippen molar-refractivity contribution in [1.29, 1.82) is 0 Å². The maximum atomic E-state index is 15.1. The van der Waals surface area contributed by atoms with E-state index in [1.54, 1.807) is 49.4 Å². The molecular weight excluding hydrogens is 632 g/mol. The molecule has 4 amide bonds. The number of anilines is 1. The summed E-state index contributed by atoms with van der Waals surface area (Å²) in [5.74, 6) is -4.51. The molecule has 0 spiro atoms. The lowest BCUT2D eigenvalue weighted by molar-refractivity contribution is -0.140. The lowest BCUT2D eigenvalue weighted by Crippen LogP contribution is -2.53. The highest BCUT2D eigenvalue weighted by Gasteiger charge is 2.70. The molecule has 6 atom stereocenters. The number of carbonyl (C=O) groups excluding carboxylic acids is 4. The topological polar surface area (TPSA) is 95.0 Å². The number of phenols is 1. The van der Waals surface area contributed by atoms with E-state index >= 15 is 4.79 Å². The average molecular weight is 660 g/mol. The highest BCUT2D eigenvalue weighted by molar-refractivity contribution is 9.10. The van der Waals surface area contributed by atoms with Crippen LogP contribution in [0.1, 0.15) is 36.8 Å². The molecule has 3 fully saturated rings. The predicted octanol–water partition coefficient (Wildman–Crippen LogP) is 5.99. The van der Waals surface area contributed by atoms with E-state index in [0.29, 0.717) is 32.7 Å². The van der Waals surface area contributed by atoms with E-state index in [2.05, 4.69) is 15.9 Å². The standard InChI is InChI=1S/C34H28BrClN2O5/c1-2-37-30(40)23-13-12-22-24(28(23)32(37)42)17-26-31(41)38(21-10-6-9-20(36)16-21)33(43)34(26,18-7-4-3-5-8-18)29(22)25-15-19(35)11-14-27(25)39/h3-12,14-16,23-24,26,28-29,39H,2,13,17H2,1H3. The number of halogens is 2. The number of rotatable bonds is 4. The van der Waals surface area contributed by atoms with Gasteiger partial charge in [-0.05, 0) is 67.6 Å². The first-order chi connectivity index (χ1) is 20.7. The van der Waals surface area contributed by atoms with Crippen LogP contribution in [-0.4, -0.2) is 40.2 Å². The number of fused-ring (bicyclic) bond motifs is 4. The zero-order valence-corrected chi connectivity index (χ0v) is 25.6. The third-order valence-corrected chi connectivity index (χ3v) is 10.6. The van der Waals surface area contributed by atoms with Crippen LogP contribution in [0.2, 0.25) is 5.02 Å². The van der Waals surface area contributed by atoms with Gasteiger partial charge in [0.15, 0.2) is 0 Å². The minimum absolute atomic E-state index is 0.0172. The number of aromatic hydroxyl groups is 1. The monoisotopic (exact) mass is 658 g/mol. The molecule has 3 aromatic carbocycles. The van der Waals surface area contributed by atoms with Crippen molar-refractivity contribution in [3.63, 3.8) is 0 Å². The lowest BCUT2D eigenvalue weighted by atomic mass is 9.49. The molecule has 2 heterocycles. The quantitative estimate of drug-likeness (QED) is 0.274. The molecule has 2 aliphatic heterocycles. The van der Waals surface area contributed by atoms with Gasteiger partial charge in [0.1, 0.15) is 5.75 Å². The largest absolute Gasteiger partial charge is 0.508 e. The molecule has 43 heavy (non-hydrogen) atoms. The van der Waals surface area contributed by atoms with Crippen molar-refractivity contribution in [2.24, 2.45) is 23.7 Å². The first kappa shape index (κ1) is 28.0. The van der Waals surface area contributed by atoms with Crippen molar-refractivity contribution in [2.75, 3.05) is 11.4 Å². The smallest absolute Gasteiger partial charge is 0.246 e. The predicted molar refractivity (Wildman–Crippen MR) is 164 cm³/mol. The van der Waals surface area contributed by atoms with Gasteiger partial charge in [-0.15, -0.1) is 0 Å². The van der Waals surface area contributed by atoms with Gasteiger partial charge >= 0.3 is 0 Å². The Labute approximate surface area is 262 Å². The Bertz CT molecular complexity index is 1740. The summed E-state index contributed by atoms with van der Waals surface area (Å²) in [6.07, 6.45) is 2.55. The van der Waals surface area contributed by atoms with Gasteiger partial charge in [-0.2, -0.15) is 0 Å². The molecule has 1 N–H and O–H groups in total. The van der Waals surface area contributed by atoms with Crippen LogP contribution in [-0.2, 0) is 24.6 Å². The lowest BCUT2D eigenvalue weighted by Gasteiger charge is -2.50. The third kappa shape index (κ3) is 3.85. The normalized spacial score (nSPS) is 29.8. The molecule has 7 nitrogen and oxygen atoms in total. The fourth-order valence-electron chi connectivity index (χ4n) is 8.22. The Hall–Kier alpha value is -3.75. The van der Waals surface area contributed by atoms with Gasteiger partial charge in [-0.3, -0.25) is 24.1 Å². The molecule has 7 rings (SSSR count). The molecule has 0 radical (unpaired) electrons. The number of imide groups is 2. The maximum Gasteiger partial charge on any atom is 0.246 e. The number of carbonyl (C=O) groups is 4. The van der Waals surface area contributed by atoms with Crippen LogP contribution >= 0.6 is 27.5 Å². The molecule has 0 bridgehead atoms. The van der Waals surface area contributed by atoms with Crippen LogP contribution in [0.15, 0.2) is 88.9 Å². The Morgan fingerprint density at radius 3 is 2.42 bits per heavy atom. The minimum atomic E-state index is -1.43. The van der Waals surface area contributed by atoms with Crippen molar-refractivity contribution in [3.8, 4) is 5.75 Å². The highest BCUT2D eigenvalue weighted by Crippen LogP contribution is 2.65. The summed E-state index contributed by atoms with van der Waals surface area (Å²) in [6, 6.07) is 21.0. The van der Waals surface area contributed by atoms with Gasteiger partial charge in [0.2, 0.25) is 23.6 Å². The Morgan fingerprint density at radius 2 is 1.70 bits per heavy atom. The van der Waals surface area contributed by atoms with Gasteiger partial charge in [-0.1, -0.05) is 75.6 Å². The number of hydrogen-bond acceptors (Lipinski definition) is 5. The average Bonchev–Trinajstić information content (AvgIpc) is 3.39. The SMILES string of the molecule is CCN1C(=O)C2CC=C3C(CC4C(=O)N(c5cccc(Cl)c5)C(=O)C4(c4ccccc4)C3c3cc(Br)ccc3O)C2C1=O. The Kier molecular flexibility index (Phi) is 6.63. The fourth-order valence-corrected chi connectivity index (χ4v) is 8.79. The van der Waals surface area contributed by atoms with Crippen molar-refractivity contribution >= 4 is 56.8 Å². The van der Waals surface area contributed by atoms with Crippen molar-refractivity contribution in [3.05, 3.63) is 105 Å². The zero-order chi connectivity index (χ0) is 30.2. The van der Waals surface area contributed by atoms with Crippen LogP contribution < -0.4 is 4.90 Å². The summed E-state index contributed by atoms with van der Waals surface area (Å²) in [5, 5.41) is 11.8. The Balaban J connectivity index is 1.53. The van der Waals surface area contributed by atoms with Crippen LogP contribution in [0.5, 0.6) is 5.75 Å². The summed E-state index contributed by atoms with van der Waals surface area (Å²) in [6.45, 7) is 2.06. The van der Waals surface area contributed by atoms with Gasteiger partial charge in [0.05, 0.1) is 28.9 Å². The molecule has 218 valence electrons. The minimum Gasteiger partial charge on any atom is -0.508 e. The summed E-state index contributed by atoms with van der Waals surface area (Å²) in [4.78, 5) is 59.3. The van der Waals surface area contributed by atoms with E-state index in [4.69, 9.17) is 11.6 Å². The number of nitrogens with zero attached hydrogens (tertiary/aromatic N) is 2.